The lowest BCUT2D eigenvalue weighted by atomic mass is 10.1. The van der Waals surface area contributed by atoms with Crippen LogP contribution in [0.1, 0.15) is 30.4 Å². The van der Waals surface area contributed by atoms with Gasteiger partial charge in [-0.25, -0.2) is 12.7 Å². The van der Waals surface area contributed by atoms with Crippen LogP contribution in [0.4, 0.5) is 0 Å². The van der Waals surface area contributed by atoms with Crippen LogP contribution in [0, 0.1) is 13.8 Å². The average molecular weight is 304 g/mol. The summed E-state index contributed by atoms with van der Waals surface area (Å²) in [4.78, 5) is 0.371. The van der Waals surface area contributed by atoms with Crippen molar-refractivity contribution in [3.8, 4) is 0 Å². The van der Waals surface area contributed by atoms with Crippen molar-refractivity contribution in [1.82, 2.24) is 4.31 Å². The minimum absolute atomic E-state index is 0.371. The van der Waals surface area contributed by atoms with E-state index in [-0.39, 0.29) is 0 Å². The molecule has 1 aromatic carbocycles. The van der Waals surface area contributed by atoms with E-state index in [4.69, 9.17) is 11.6 Å². The summed E-state index contributed by atoms with van der Waals surface area (Å²) < 4.78 is 26.1. The maximum absolute atomic E-state index is 12.4. The summed E-state index contributed by atoms with van der Waals surface area (Å²) in [7, 11) is -1.73. The van der Waals surface area contributed by atoms with Gasteiger partial charge in [0.15, 0.2) is 0 Å². The first-order valence-electron chi connectivity index (χ1n) is 6.49. The van der Waals surface area contributed by atoms with E-state index in [2.05, 4.69) is 0 Å². The van der Waals surface area contributed by atoms with Crippen molar-refractivity contribution >= 4 is 21.6 Å². The molecule has 3 nitrogen and oxygen atoms in total. The molecule has 0 fully saturated rings. The molecule has 0 aliphatic rings. The third-order valence-corrected chi connectivity index (χ3v) is 5.41. The van der Waals surface area contributed by atoms with Crippen LogP contribution in [0.5, 0.6) is 0 Å². The Morgan fingerprint density at radius 2 is 1.79 bits per heavy atom. The van der Waals surface area contributed by atoms with Crippen molar-refractivity contribution in [1.29, 1.82) is 0 Å². The number of hydrogen-bond acceptors (Lipinski definition) is 2. The van der Waals surface area contributed by atoms with E-state index >= 15 is 0 Å². The molecule has 0 aliphatic heterocycles. The lowest BCUT2D eigenvalue weighted by Gasteiger charge is -2.17. The number of hydrogen-bond donors (Lipinski definition) is 0. The molecule has 0 amide bonds. The minimum atomic E-state index is -3.37. The molecule has 5 heteroatoms. The standard InChI is InChI=1S/C14H22ClNO2S/c1-12-7-8-14(11-13(12)2)19(17,18)16(3)10-6-4-5-9-15/h7-8,11H,4-6,9-10H2,1-3H3. The van der Waals surface area contributed by atoms with Crippen molar-refractivity contribution < 1.29 is 8.42 Å². The summed E-state index contributed by atoms with van der Waals surface area (Å²) in [6.07, 6.45) is 2.72. The predicted molar refractivity (Wildman–Crippen MR) is 80.3 cm³/mol. The van der Waals surface area contributed by atoms with Gasteiger partial charge in [0.05, 0.1) is 4.90 Å². The van der Waals surface area contributed by atoms with Crippen LogP contribution in [0.15, 0.2) is 23.1 Å². The number of alkyl halides is 1. The molecule has 0 bridgehead atoms. The Morgan fingerprint density at radius 1 is 1.11 bits per heavy atom. The molecular weight excluding hydrogens is 282 g/mol. The number of sulfonamides is 1. The van der Waals surface area contributed by atoms with Gasteiger partial charge in [0.2, 0.25) is 10.0 Å². The fourth-order valence-electron chi connectivity index (χ4n) is 1.78. The molecule has 0 atom stereocenters. The number of unbranched alkanes of at least 4 members (excludes halogenated alkanes) is 2. The Hall–Kier alpha value is -0.580. The SMILES string of the molecule is Cc1ccc(S(=O)(=O)N(C)CCCCCCl)cc1C. The van der Waals surface area contributed by atoms with Gasteiger partial charge in [-0.05, 0) is 49.9 Å². The van der Waals surface area contributed by atoms with Crippen LogP contribution in [-0.4, -0.2) is 32.2 Å². The van der Waals surface area contributed by atoms with Crippen LogP contribution in [0.3, 0.4) is 0 Å². The fourth-order valence-corrected chi connectivity index (χ4v) is 3.26. The van der Waals surface area contributed by atoms with Crippen LogP contribution < -0.4 is 0 Å². The summed E-state index contributed by atoms with van der Waals surface area (Å²) in [5, 5.41) is 0. The first-order valence-corrected chi connectivity index (χ1v) is 8.46. The van der Waals surface area contributed by atoms with Gasteiger partial charge in [0.25, 0.3) is 0 Å². The van der Waals surface area contributed by atoms with Gasteiger partial charge in [-0.3, -0.25) is 0 Å². The molecule has 0 radical (unpaired) electrons. The van der Waals surface area contributed by atoms with E-state index in [0.717, 1.165) is 30.4 Å². The fraction of sp³-hybridized carbons (Fsp3) is 0.571. The maximum atomic E-state index is 12.4. The Morgan fingerprint density at radius 3 is 2.37 bits per heavy atom. The monoisotopic (exact) mass is 303 g/mol. The first-order chi connectivity index (χ1) is 8.89. The van der Waals surface area contributed by atoms with Gasteiger partial charge in [0, 0.05) is 19.5 Å². The number of aryl methyl sites for hydroxylation is 2. The number of nitrogens with zero attached hydrogens (tertiary/aromatic N) is 1. The van der Waals surface area contributed by atoms with Crippen molar-refractivity contribution in [2.45, 2.75) is 38.0 Å². The largest absolute Gasteiger partial charge is 0.242 e. The van der Waals surface area contributed by atoms with Crippen molar-refractivity contribution in [2.75, 3.05) is 19.5 Å². The Labute approximate surface area is 121 Å². The van der Waals surface area contributed by atoms with Crippen LogP contribution in [-0.2, 0) is 10.0 Å². The first kappa shape index (κ1) is 16.5. The third-order valence-electron chi connectivity index (χ3n) is 3.29. The van der Waals surface area contributed by atoms with Crippen molar-refractivity contribution in [3.63, 3.8) is 0 Å². The molecular formula is C14H22ClNO2S. The highest BCUT2D eigenvalue weighted by Crippen LogP contribution is 2.18. The molecule has 0 aliphatic carbocycles. The minimum Gasteiger partial charge on any atom is -0.207 e. The predicted octanol–water partition coefficient (Wildman–Crippen LogP) is 3.33. The zero-order valence-corrected chi connectivity index (χ0v) is 13.4. The summed E-state index contributed by atoms with van der Waals surface area (Å²) in [6.45, 7) is 4.43. The summed E-state index contributed by atoms with van der Waals surface area (Å²) in [5.74, 6) is 0.633. The lowest BCUT2D eigenvalue weighted by molar-refractivity contribution is 0.454. The maximum Gasteiger partial charge on any atom is 0.242 e. The zero-order chi connectivity index (χ0) is 14.5. The van der Waals surface area contributed by atoms with Crippen LogP contribution in [0.25, 0.3) is 0 Å². The van der Waals surface area contributed by atoms with E-state index in [1.165, 1.54) is 4.31 Å². The van der Waals surface area contributed by atoms with E-state index in [9.17, 15) is 8.42 Å². The van der Waals surface area contributed by atoms with Crippen molar-refractivity contribution in [3.05, 3.63) is 29.3 Å². The third kappa shape index (κ3) is 4.48. The highest BCUT2D eigenvalue weighted by atomic mass is 35.5. The molecule has 1 aromatic rings. The average Bonchev–Trinajstić information content (AvgIpc) is 2.37. The Bertz CT molecular complexity index is 514. The number of rotatable bonds is 7. The van der Waals surface area contributed by atoms with Gasteiger partial charge >= 0.3 is 0 Å². The summed E-state index contributed by atoms with van der Waals surface area (Å²) in [6, 6.07) is 5.26. The molecule has 0 aromatic heterocycles. The molecule has 0 N–H and O–H groups in total. The quantitative estimate of drug-likeness (QED) is 0.572. The van der Waals surface area contributed by atoms with Gasteiger partial charge in [0.1, 0.15) is 0 Å². The topological polar surface area (TPSA) is 37.4 Å². The molecule has 0 heterocycles. The molecule has 1 rings (SSSR count). The van der Waals surface area contributed by atoms with Crippen LogP contribution >= 0.6 is 11.6 Å². The van der Waals surface area contributed by atoms with Gasteiger partial charge in [-0.15, -0.1) is 11.6 Å². The van der Waals surface area contributed by atoms with E-state index in [0.29, 0.717) is 17.3 Å². The number of benzene rings is 1. The van der Waals surface area contributed by atoms with Gasteiger partial charge in [-0.2, -0.15) is 0 Å². The summed E-state index contributed by atoms with van der Waals surface area (Å²) in [5.41, 5.74) is 2.10. The molecule has 0 saturated heterocycles. The second kappa shape index (κ2) is 7.27. The summed E-state index contributed by atoms with van der Waals surface area (Å²) >= 11 is 5.60. The Balaban J connectivity index is 2.76. The van der Waals surface area contributed by atoms with Gasteiger partial charge < -0.3 is 0 Å². The van der Waals surface area contributed by atoms with Gasteiger partial charge in [-0.1, -0.05) is 12.5 Å². The normalized spacial score (nSPS) is 12.1. The molecule has 0 saturated carbocycles. The molecule has 0 unspecified atom stereocenters. The highest BCUT2D eigenvalue weighted by Gasteiger charge is 2.20. The second-order valence-corrected chi connectivity index (χ2v) is 7.25. The van der Waals surface area contributed by atoms with Crippen molar-refractivity contribution in [2.24, 2.45) is 0 Å². The van der Waals surface area contributed by atoms with Crippen LogP contribution in [0.2, 0.25) is 0 Å². The molecule has 108 valence electrons. The Kier molecular flexibility index (Phi) is 6.30. The molecule has 19 heavy (non-hydrogen) atoms. The van der Waals surface area contributed by atoms with E-state index in [1.54, 1.807) is 19.2 Å². The zero-order valence-electron chi connectivity index (χ0n) is 11.8. The lowest BCUT2D eigenvalue weighted by Crippen LogP contribution is -2.28. The number of halogens is 1. The smallest absolute Gasteiger partial charge is 0.207 e. The second-order valence-electron chi connectivity index (χ2n) is 4.82. The van der Waals surface area contributed by atoms with E-state index < -0.39 is 10.0 Å². The van der Waals surface area contributed by atoms with E-state index in [1.807, 2.05) is 19.9 Å². The highest BCUT2D eigenvalue weighted by molar-refractivity contribution is 7.89. The molecule has 0 spiro atoms.